The number of hydrogen-bond acceptors (Lipinski definition) is 3. The number of rotatable bonds is 8. The summed E-state index contributed by atoms with van der Waals surface area (Å²) in [5, 5.41) is 5.56. The second-order valence-corrected chi connectivity index (χ2v) is 3.21. The number of amides is 1. The van der Waals surface area contributed by atoms with Crippen LogP contribution in [0, 0.1) is 12.3 Å². The summed E-state index contributed by atoms with van der Waals surface area (Å²) in [6.45, 7) is 3.89. The average molecular weight is 224 g/mol. The Labute approximate surface area is 97.4 Å². The molecule has 0 aromatic heterocycles. The van der Waals surface area contributed by atoms with E-state index in [2.05, 4.69) is 16.6 Å². The van der Waals surface area contributed by atoms with Gasteiger partial charge in [0.25, 0.3) is 0 Å². The molecular weight excluding hydrogens is 204 g/mol. The first-order valence-corrected chi connectivity index (χ1v) is 5.53. The molecule has 0 unspecified atom stereocenters. The minimum atomic E-state index is -0.402. The molecule has 2 N–H and O–H groups in total. The van der Waals surface area contributed by atoms with Crippen molar-refractivity contribution in [3.05, 3.63) is 12.3 Å². The maximum Gasteiger partial charge on any atom is 0.411 e. The predicted molar refractivity (Wildman–Crippen MR) is 64.9 cm³/mol. The standard InChI is InChI=1S/C12H20N2O2/c1-3-5-11-16-12(15)14-10-7-6-9-13-8-4-2/h2,7,10,13H,3,5-6,8-9,11H2,1H3,(H,14,15). The van der Waals surface area contributed by atoms with Crippen LogP contribution < -0.4 is 10.6 Å². The maximum absolute atomic E-state index is 11.0. The van der Waals surface area contributed by atoms with E-state index in [0.717, 1.165) is 25.8 Å². The Kier molecular flexibility index (Phi) is 10.5. The molecule has 4 nitrogen and oxygen atoms in total. The fraction of sp³-hybridized carbons (Fsp3) is 0.583. The zero-order chi connectivity index (χ0) is 12.1. The third-order valence-electron chi connectivity index (χ3n) is 1.76. The van der Waals surface area contributed by atoms with Crippen LogP contribution in [0.3, 0.4) is 0 Å². The zero-order valence-corrected chi connectivity index (χ0v) is 9.79. The second kappa shape index (κ2) is 11.6. The van der Waals surface area contributed by atoms with Crippen molar-refractivity contribution in [2.24, 2.45) is 0 Å². The van der Waals surface area contributed by atoms with Gasteiger partial charge in [-0.2, -0.15) is 0 Å². The van der Waals surface area contributed by atoms with Gasteiger partial charge in [0.1, 0.15) is 0 Å². The van der Waals surface area contributed by atoms with E-state index in [4.69, 9.17) is 11.2 Å². The van der Waals surface area contributed by atoms with Gasteiger partial charge in [0.05, 0.1) is 13.2 Å². The lowest BCUT2D eigenvalue weighted by Gasteiger charge is -2.02. The molecule has 0 fully saturated rings. The van der Waals surface area contributed by atoms with Crippen molar-refractivity contribution in [2.75, 3.05) is 19.7 Å². The number of carbonyl (C=O) groups is 1. The van der Waals surface area contributed by atoms with Crippen LogP contribution in [0.5, 0.6) is 0 Å². The minimum Gasteiger partial charge on any atom is -0.449 e. The molecule has 0 aliphatic heterocycles. The molecule has 0 aromatic rings. The summed E-state index contributed by atoms with van der Waals surface area (Å²) in [5.74, 6) is 2.48. The molecule has 4 heteroatoms. The van der Waals surface area contributed by atoms with Crippen LogP contribution >= 0.6 is 0 Å². The van der Waals surface area contributed by atoms with Crippen molar-refractivity contribution in [3.8, 4) is 12.3 Å². The Morgan fingerprint density at radius 3 is 3.06 bits per heavy atom. The Hall–Kier alpha value is -1.47. The monoisotopic (exact) mass is 224 g/mol. The quantitative estimate of drug-likeness (QED) is 0.487. The molecule has 0 aromatic carbocycles. The highest BCUT2D eigenvalue weighted by molar-refractivity contribution is 5.68. The SMILES string of the molecule is C#CCNCCC=CNC(=O)OCCCC. The topological polar surface area (TPSA) is 50.4 Å². The number of nitrogens with one attached hydrogen (secondary N) is 2. The largest absolute Gasteiger partial charge is 0.449 e. The van der Waals surface area contributed by atoms with Gasteiger partial charge in [-0.3, -0.25) is 5.32 Å². The van der Waals surface area contributed by atoms with Crippen molar-refractivity contribution in [2.45, 2.75) is 26.2 Å². The summed E-state index contributed by atoms with van der Waals surface area (Å²) < 4.78 is 4.88. The van der Waals surface area contributed by atoms with E-state index >= 15 is 0 Å². The zero-order valence-electron chi connectivity index (χ0n) is 9.79. The van der Waals surface area contributed by atoms with Crippen molar-refractivity contribution in [1.82, 2.24) is 10.6 Å². The molecule has 0 saturated carbocycles. The summed E-state index contributed by atoms with van der Waals surface area (Å²) >= 11 is 0. The fourth-order valence-electron chi connectivity index (χ4n) is 0.907. The number of unbranched alkanes of at least 4 members (excludes halogenated alkanes) is 1. The lowest BCUT2D eigenvalue weighted by Crippen LogP contribution is -2.19. The molecule has 0 heterocycles. The lowest BCUT2D eigenvalue weighted by molar-refractivity contribution is 0.148. The van der Waals surface area contributed by atoms with E-state index in [1.54, 1.807) is 6.20 Å². The highest BCUT2D eigenvalue weighted by Crippen LogP contribution is 1.88. The second-order valence-electron chi connectivity index (χ2n) is 3.21. The van der Waals surface area contributed by atoms with Gasteiger partial charge >= 0.3 is 6.09 Å². The number of ether oxygens (including phenoxy) is 1. The fourth-order valence-corrected chi connectivity index (χ4v) is 0.907. The van der Waals surface area contributed by atoms with Crippen LogP contribution in [0.4, 0.5) is 4.79 Å². The van der Waals surface area contributed by atoms with Gasteiger partial charge in [0, 0.05) is 6.20 Å². The molecule has 0 spiro atoms. The normalized spacial score (nSPS) is 10.0. The van der Waals surface area contributed by atoms with Crippen LogP contribution in [0.1, 0.15) is 26.2 Å². The Bertz CT molecular complexity index is 244. The van der Waals surface area contributed by atoms with Crippen molar-refractivity contribution >= 4 is 6.09 Å². The molecule has 0 aliphatic rings. The van der Waals surface area contributed by atoms with Gasteiger partial charge in [-0.1, -0.05) is 25.3 Å². The number of terminal acetylenes is 1. The Balaban J connectivity index is 3.31. The molecule has 0 aliphatic carbocycles. The molecule has 0 bridgehead atoms. The third kappa shape index (κ3) is 10.6. The minimum absolute atomic E-state index is 0.402. The molecule has 0 rings (SSSR count). The molecule has 0 saturated heterocycles. The van der Waals surface area contributed by atoms with Crippen LogP contribution in [0.25, 0.3) is 0 Å². The molecule has 1 amide bonds. The van der Waals surface area contributed by atoms with E-state index in [1.165, 1.54) is 0 Å². The summed E-state index contributed by atoms with van der Waals surface area (Å²) in [7, 11) is 0. The Morgan fingerprint density at radius 1 is 1.56 bits per heavy atom. The van der Waals surface area contributed by atoms with Crippen molar-refractivity contribution < 1.29 is 9.53 Å². The number of alkyl carbamates (subject to hydrolysis) is 1. The summed E-state index contributed by atoms with van der Waals surface area (Å²) in [4.78, 5) is 11.0. The molecular formula is C12H20N2O2. The molecule has 0 atom stereocenters. The highest BCUT2D eigenvalue weighted by atomic mass is 16.5. The number of hydrogen-bond donors (Lipinski definition) is 2. The van der Waals surface area contributed by atoms with Crippen molar-refractivity contribution in [3.63, 3.8) is 0 Å². The Morgan fingerprint density at radius 2 is 2.38 bits per heavy atom. The lowest BCUT2D eigenvalue weighted by atomic mass is 10.4. The predicted octanol–water partition coefficient (Wildman–Crippen LogP) is 1.64. The molecule has 16 heavy (non-hydrogen) atoms. The molecule has 0 radical (unpaired) electrons. The van der Waals surface area contributed by atoms with Crippen LogP contribution in [0.2, 0.25) is 0 Å². The van der Waals surface area contributed by atoms with Gasteiger partial charge in [-0.15, -0.1) is 6.42 Å². The smallest absolute Gasteiger partial charge is 0.411 e. The van der Waals surface area contributed by atoms with Gasteiger partial charge < -0.3 is 10.1 Å². The molecule has 90 valence electrons. The summed E-state index contributed by atoms with van der Waals surface area (Å²) in [5.41, 5.74) is 0. The third-order valence-corrected chi connectivity index (χ3v) is 1.76. The van der Waals surface area contributed by atoms with E-state index in [-0.39, 0.29) is 0 Å². The van der Waals surface area contributed by atoms with E-state index in [1.807, 2.05) is 13.0 Å². The number of carbonyl (C=O) groups excluding carboxylic acids is 1. The van der Waals surface area contributed by atoms with Gasteiger partial charge in [-0.05, 0) is 19.4 Å². The first-order valence-electron chi connectivity index (χ1n) is 5.53. The summed E-state index contributed by atoms with van der Waals surface area (Å²) in [6, 6.07) is 0. The van der Waals surface area contributed by atoms with E-state index in [0.29, 0.717) is 13.2 Å². The van der Waals surface area contributed by atoms with Crippen LogP contribution in [-0.4, -0.2) is 25.8 Å². The average Bonchev–Trinajstić information content (AvgIpc) is 2.28. The summed E-state index contributed by atoms with van der Waals surface area (Å²) in [6.07, 6.45) is 10.8. The van der Waals surface area contributed by atoms with E-state index < -0.39 is 6.09 Å². The van der Waals surface area contributed by atoms with Gasteiger partial charge in [0.2, 0.25) is 0 Å². The first-order chi connectivity index (χ1) is 7.81. The highest BCUT2D eigenvalue weighted by Gasteiger charge is 1.95. The maximum atomic E-state index is 11.0. The van der Waals surface area contributed by atoms with Crippen molar-refractivity contribution in [1.29, 1.82) is 0 Å². The van der Waals surface area contributed by atoms with Crippen LogP contribution in [-0.2, 0) is 4.74 Å². The van der Waals surface area contributed by atoms with Crippen LogP contribution in [0.15, 0.2) is 12.3 Å². The first kappa shape index (κ1) is 14.5. The van der Waals surface area contributed by atoms with Gasteiger partial charge in [-0.25, -0.2) is 4.79 Å². The van der Waals surface area contributed by atoms with Gasteiger partial charge in [0.15, 0.2) is 0 Å². The van der Waals surface area contributed by atoms with E-state index in [9.17, 15) is 4.79 Å².